The number of fused-ring (bicyclic) bond motifs is 3. The van der Waals surface area contributed by atoms with Crippen molar-refractivity contribution in [2.75, 3.05) is 0 Å². The van der Waals surface area contributed by atoms with Crippen LogP contribution in [0.5, 0.6) is 0 Å². The first-order chi connectivity index (χ1) is 12.3. The van der Waals surface area contributed by atoms with Crippen LogP contribution < -0.4 is 5.43 Å². The third-order valence-electron chi connectivity index (χ3n) is 5.20. The van der Waals surface area contributed by atoms with Gasteiger partial charge >= 0.3 is 0 Å². The quantitative estimate of drug-likeness (QED) is 0.565. The number of hydrogen-bond donors (Lipinski definition) is 1. The predicted octanol–water partition coefficient (Wildman–Crippen LogP) is 4.77. The molecule has 0 saturated carbocycles. The van der Waals surface area contributed by atoms with Crippen molar-refractivity contribution in [2.24, 2.45) is 12.1 Å². The van der Waals surface area contributed by atoms with Gasteiger partial charge in [0.25, 0.3) is 0 Å². The molecular weight excluding hydrogens is 306 g/mol. The Balaban J connectivity index is 1.53. The fourth-order valence-electron chi connectivity index (χ4n) is 3.85. The van der Waals surface area contributed by atoms with E-state index in [9.17, 15) is 0 Å². The average Bonchev–Trinajstić information content (AvgIpc) is 3.27. The normalized spacial score (nSPS) is 17.0. The molecule has 4 aromatic rings. The number of nitrogens with zero attached hydrogens (tertiary/aromatic N) is 2. The minimum Gasteiger partial charge on any atom is -0.344 e. The van der Waals surface area contributed by atoms with E-state index in [2.05, 4.69) is 88.9 Å². The summed E-state index contributed by atoms with van der Waals surface area (Å²) in [7, 11) is 2.13. The molecule has 3 heteroatoms. The molecule has 1 aromatic heterocycles. The minimum atomic E-state index is 0.235. The number of para-hydroxylation sites is 1. The summed E-state index contributed by atoms with van der Waals surface area (Å²) in [5.74, 6) is 0. The van der Waals surface area contributed by atoms with Crippen LogP contribution in [0.25, 0.3) is 21.8 Å². The summed E-state index contributed by atoms with van der Waals surface area (Å²) >= 11 is 0. The van der Waals surface area contributed by atoms with Gasteiger partial charge in [0.1, 0.15) is 0 Å². The van der Waals surface area contributed by atoms with E-state index in [0.717, 1.165) is 12.1 Å². The van der Waals surface area contributed by atoms with E-state index in [1.807, 2.05) is 6.07 Å². The van der Waals surface area contributed by atoms with Crippen LogP contribution in [-0.4, -0.2) is 10.3 Å². The second-order valence-electron chi connectivity index (χ2n) is 6.66. The van der Waals surface area contributed by atoms with Gasteiger partial charge in [0, 0.05) is 35.3 Å². The Kier molecular flexibility index (Phi) is 3.14. The Bertz CT molecular complexity index is 1110. The lowest BCUT2D eigenvalue weighted by atomic mass is 9.98. The summed E-state index contributed by atoms with van der Waals surface area (Å²) in [5.41, 5.74) is 9.48. The standard InChI is InChI=1S/C22H19N3/c1-25-21-10-6-5-9-17(21)18-13-16(11-12-22(18)25)20-14-19(23-24-20)15-7-3-2-4-8-15/h2-13,20,24H,14H2,1H3. The van der Waals surface area contributed by atoms with Crippen molar-refractivity contribution in [2.45, 2.75) is 12.5 Å². The zero-order chi connectivity index (χ0) is 16.8. The average molecular weight is 325 g/mol. The number of rotatable bonds is 2. The van der Waals surface area contributed by atoms with Crippen molar-refractivity contribution in [3.63, 3.8) is 0 Å². The van der Waals surface area contributed by atoms with Gasteiger partial charge in [-0.15, -0.1) is 0 Å². The van der Waals surface area contributed by atoms with Gasteiger partial charge in [0.15, 0.2) is 0 Å². The van der Waals surface area contributed by atoms with Crippen molar-refractivity contribution >= 4 is 27.5 Å². The summed E-state index contributed by atoms with van der Waals surface area (Å²) in [6.45, 7) is 0. The Morgan fingerprint density at radius 1 is 0.880 bits per heavy atom. The van der Waals surface area contributed by atoms with Crippen LogP contribution in [0.15, 0.2) is 77.9 Å². The number of hydrazone groups is 1. The zero-order valence-corrected chi connectivity index (χ0v) is 14.1. The highest BCUT2D eigenvalue weighted by Crippen LogP contribution is 2.32. The molecule has 0 spiro atoms. The SMILES string of the molecule is Cn1c2ccccc2c2cc(C3CC(c4ccccc4)=NN3)ccc21. The molecular formula is C22H19N3. The lowest BCUT2D eigenvalue weighted by Gasteiger charge is -2.11. The fraction of sp³-hybridized carbons (Fsp3) is 0.136. The first-order valence-corrected chi connectivity index (χ1v) is 8.66. The van der Waals surface area contributed by atoms with E-state index in [4.69, 9.17) is 0 Å². The van der Waals surface area contributed by atoms with Gasteiger partial charge in [-0.25, -0.2) is 0 Å². The minimum absolute atomic E-state index is 0.235. The molecule has 0 fully saturated rings. The summed E-state index contributed by atoms with van der Waals surface area (Å²) in [6.07, 6.45) is 0.917. The Labute approximate surface area is 146 Å². The molecule has 122 valence electrons. The Morgan fingerprint density at radius 2 is 1.64 bits per heavy atom. The zero-order valence-electron chi connectivity index (χ0n) is 14.1. The molecule has 1 aliphatic rings. The molecule has 0 bridgehead atoms. The van der Waals surface area contributed by atoms with Crippen LogP contribution in [0.1, 0.15) is 23.6 Å². The fourth-order valence-corrected chi connectivity index (χ4v) is 3.85. The molecule has 1 unspecified atom stereocenters. The summed E-state index contributed by atoms with van der Waals surface area (Å²) < 4.78 is 2.27. The monoisotopic (exact) mass is 325 g/mol. The van der Waals surface area contributed by atoms with Gasteiger partial charge in [0.2, 0.25) is 0 Å². The van der Waals surface area contributed by atoms with E-state index >= 15 is 0 Å². The third-order valence-corrected chi connectivity index (χ3v) is 5.20. The Morgan fingerprint density at radius 3 is 2.52 bits per heavy atom. The second-order valence-corrected chi connectivity index (χ2v) is 6.66. The number of hydrogen-bond acceptors (Lipinski definition) is 2. The third kappa shape index (κ3) is 2.23. The summed E-state index contributed by atoms with van der Waals surface area (Å²) in [6, 6.07) is 26.0. The van der Waals surface area contributed by atoms with E-state index in [1.165, 1.54) is 32.9 Å². The highest BCUT2D eigenvalue weighted by Gasteiger charge is 2.22. The number of aryl methyl sites for hydroxylation is 1. The number of aromatic nitrogens is 1. The number of benzene rings is 3. The van der Waals surface area contributed by atoms with Crippen LogP contribution in [0.4, 0.5) is 0 Å². The highest BCUT2D eigenvalue weighted by molar-refractivity contribution is 6.08. The van der Waals surface area contributed by atoms with Gasteiger partial charge in [-0.1, -0.05) is 54.6 Å². The molecule has 0 saturated heterocycles. The first-order valence-electron chi connectivity index (χ1n) is 8.66. The van der Waals surface area contributed by atoms with E-state index in [0.29, 0.717) is 0 Å². The topological polar surface area (TPSA) is 29.3 Å². The van der Waals surface area contributed by atoms with Crippen molar-refractivity contribution in [1.82, 2.24) is 9.99 Å². The summed E-state index contributed by atoms with van der Waals surface area (Å²) in [5, 5.41) is 7.19. The largest absolute Gasteiger partial charge is 0.344 e. The number of nitrogens with one attached hydrogen (secondary N) is 1. The predicted molar refractivity (Wildman–Crippen MR) is 104 cm³/mol. The molecule has 0 radical (unpaired) electrons. The maximum atomic E-state index is 4.57. The van der Waals surface area contributed by atoms with Crippen LogP contribution >= 0.6 is 0 Å². The highest BCUT2D eigenvalue weighted by atomic mass is 15.3. The van der Waals surface area contributed by atoms with Crippen LogP contribution in [0.3, 0.4) is 0 Å². The molecule has 3 aromatic carbocycles. The van der Waals surface area contributed by atoms with Crippen molar-refractivity contribution in [3.05, 3.63) is 83.9 Å². The lowest BCUT2D eigenvalue weighted by molar-refractivity contribution is 0.621. The lowest BCUT2D eigenvalue weighted by Crippen LogP contribution is -2.09. The molecule has 1 atom stereocenters. The molecule has 25 heavy (non-hydrogen) atoms. The molecule has 0 aliphatic carbocycles. The smallest absolute Gasteiger partial charge is 0.0746 e. The van der Waals surface area contributed by atoms with Crippen LogP contribution in [0.2, 0.25) is 0 Å². The maximum Gasteiger partial charge on any atom is 0.0746 e. The van der Waals surface area contributed by atoms with Crippen LogP contribution in [0, 0.1) is 0 Å². The molecule has 3 nitrogen and oxygen atoms in total. The van der Waals surface area contributed by atoms with Crippen molar-refractivity contribution in [3.8, 4) is 0 Å². The van der Waals surface area contributed by atoms with Crippen molar-refractivity contribution < 1.29 is 0 Å². The van der Waals surface area contributed by atoms with E-state index < -0.39 is 0 Å². The van der Waals surface area contributed by atoms with Crippen molar-refractivity contribution in [1.29, 1.82) is 0 Å². The van der Waals surface area contributed by atoms with Gasteiger partial charge in [0.05, 0.1) is 11.8 Å². The molecule has 0 amide bonds. The Hall–Kier alpha value is -3.07. The first kappa shape index (κ1) is 14.3. The second kappa shape index (κ2) is 5.49. The van der Waals surface area contributed by atoms with Gasteiger partial charge in [-0.3, -0.25) is 0 Å². The maximum absolute atomic E-state index is 4.57. The summed E-state index contributed by atoms with van der Waals surface area (Å²) in [4.78, 5) is 0. The van der Waals surface area contributed by atoms with Gasteiger partial charge < -0.3 is 9.99 Å². The van der Waals surface area contributed by atoms with E-state index in [-0.39, 0.29) is 6.04 Å². The van der Waals surface area contributed by atoms with Gasteiger partial charge in [-0.2, -0.15) is 5.10 Å². The molecule has 2 heterocycles. The molecule has 1 N–H and O–H groups in total. The molecule has 1 aliphatic heterocycles. The molecule has 5 rings (SSSR count). The van der Waals surface area contributed by atoms with Crippen LogP contribution in [-0.2, 0) is 7.05 Å². The van der Waals surface area contributed by atoms with E-state index in [1.54, 1.807) is 0 Å². The van der Waals surface area contributed by atoms with Gasteiger partial charge in [-0.05, 0) is 29.3 Å².